The van der Waals surface area contributed by atoms with E-state index in [1.54, 1.807) is 38.0 Å². The molecule has 0 aliphatic carbocycles. The van der Waals surface area contributed by atoms with Crippen LogP contribution < -0.4 is 10.2 Å². The van der Waals surface area contributed by atoms with Crippen molar-refractivity contribution < 1.29 is 14.2 Å². The molecular weight excluding hydrogens is 407 g/mol. The molecule has 2 unspecified atom stereocenters. The second kappa shape index (κ2) is 7.60. The Kier molecular flexibility index (Phi) is 4.92. The molecule has 0 spiro atoms. The molecule has 2 saturated heterocycles. The number of phenolic OH excluding ortho intramolecular Hbond substituents is 1. The van der Waals surface area contributed by atoms with E-state index < -0.39 is 6.17 Å². The van der Waals surface area contributed by atoms with Crippen molar-refractivity contribution in [2.24, 2.45) is 0 Å². The quantitative estimate of drug-likeness (QED) is 0.643. The smallest absolute Gasteiger partial charge is 0.208 e. The lowest BCUT2D eigenvalue weighted by atomic mass is 9.97. The third kappa shape index (κ3) is 3.24. The highest BCUT2D eigenvalue weighted by atomic mass is 32.1. The fraction of sp³-hybridized carbons (Fsp3) is 0.450. The normalized spacial score (nSPS) is 28.0. The molecule has 5 atom stereocenters. The molecule has 30 heavy (non-hydrogen) atoms. The third-order valence-corrected chi connectivity index (χ3v) is 7.19. The molecule has 3 aromatic rings. The number of alkyl halides is 1. The highest BCUT2D eigenvalue weighted by Gasteiger charge is 2.48. The lowest BCUT2D eigenvalue weighted by molar-refractivity contribution is 0.0877. The van der Waals surface area contributed by atoms with Crippen LogP contribution in [0.25, 0.3) is 16.3 Å². The molecule has 8 nitrogen and oxygen atoms in total. The van der Waals surface area contributed by atoms with E-state index in [9.17, 15) is 5.11 Å². The second-order valence-electron chi connectivity index (χ2n) is 7.81. The van der Waals surface area contributed by atoms with Crippen LogP contribution in [-0.2, 0) is 4.74 Å². The molecule has 0 saturated carbocycles. The minimum absolute atomic E-state index is 0.0441. The molecule has 158 valence electrons. The van der Waals surface area contributed by atoms with Gasteiger partial charge in [0.25, 0.3) is 0 Å². The van der Waals surface area contributed by atoms with Crippen LogP contribution in [0.5, 0.6) is 5.75 Å². The van der Waals surface area contributed by atoms with Crippen molar-refractivity contribution in [3.05, 3.63) is 36.9 Å². The van der Waals surface area contributed by atoms with Gasteiger partial charge in [-0.15, -0.1) is 10.2 Å². The van der Waals surface area contributed by atoms with Crippen molar-refractivity contribution in [3.8, 4) is 22.0 Å². The molecule has 10 heteroatoms. The molecule has 0 amide bonds. The summed E-state index contributed by atoms with van der Waals surface area (Å²) in [5, 5.41) is 23.6. The minimum atomic E-state index is -1.01. The summed E-state index contributed by atoms with van der Waals surface area (Å²) in [5.74, 6) is 0.109. The van der Waals surface area contributed by atoms with E-state index in [0.717, 1.165) is 5.69 Å². The van der Waals surface area contributed by atoms with Gasteiger partial charge in [0, 0.05) is 44.7 Å². The van der Waals surface area contributed by atoms with Gasteiger partial charge in [-0.05, 0) is 25.0 Å². The average Bonchev–Trinajstić information content (AvgIpc) is 3.50. The number of phenols is 1. The SMILES string of the molecule is CO[C@@H]1CC2NC1C[C@@H](N(C)c1nnc(-c3ccc(-n4ccnc4)cc3O)s1)[C@@H]2F. The summed E-state index contributed by atoms with van der Waals surface area (Å²) in [6, 6.07) is 5.00. The number of rotatable bonds is 5. The number of nitrogens with zero attached hydrogens (tertiary/aromatic N) is 5. The molecule has 2 aliphatic heterocycles. The molecule has 2 N–H and O–H groups in total. The third-order valence-electron chi connectivity index (χ3n) is 6.14. The number of fused-ring (bicyclic) bond motifs is 2. The molecule has 1 aromatic carbocycles. The Bertz CT molecular complexity index is 1030. The van der Waals surface area contributed by atoms with Gasteiger partial charge in [-0.2, -0.15) is 0 Å². The van der Waals surface area contributed by atoms with Crippen LogP contribution in [0.1, 0.15) is 12.8 Å². The fourth-order valence-corrected chi connectivity index (χ4v) is 5.38. The van der Waals surface area contributed by atoms with E-state index in [-0.39, 0.29) is 30.0 Å². The number of nitrogens with one attached hydrogen (secondary N) is 1. The zero-order chi connectivity index (χ0) is 20.8. The number of anilines is 1. The summed E-state index contributed by atoms with van der Waals surface area (Å²) in [7, 11) is 3.54. The van der Waals surface area contributed by atoms with E-state index >= 15 is 4.39 Å². The van der Waals surface area contributed by atoms with Crippen molar-refractivity contribution in [2.75, 3.05) is 19.1 Å². The predicted octanol–water partition coefficient (Wildman–Crippen LogP) is 2.39. The Balaban J connectivity index is 1.37. The molecule has 2 aliphatic rings. The Morgan fingerprint density at radius 1 is 1.30 bits per heavy atom. The van der Waals surface area contributed by atoms with Gasteiger partial charge in [-0.3, -0.25) is 0 Å². The van der Waals surface area contributed by atoms with Gasteiger partial charge >= 0.3 is 0 Å². The van der Waals surface area contributed by atoms with Gasteiger partial charge in [0.15, 0.2) is 5.01 Å². The van der Waals surface area contributed by atoms with E-state index in [0.29, 0.717) is 28.5 Å². The highest BCUT2D eigenvalue weighted by molar-refractivity contribution is 7.18. The lowest BCUT2D eigenvalue weighted by Crippen LogP contribution is -2.56. The standard InChI is InChI=1S/C20H23FN6O2S/c1-26(15-8-13-17(29-2)9-14(23-13)18(15)21)20-25-24-19(30-20)12-4-3-11(7-16(12)28)27-6-5-22-10-27/h3-7,10,13-15,17-18,23,28H,8-9H2,1-2H3/t13?,14?,15-,17-,18-/m1/s1. The second-order valence-corrected chi connectivity index (χ2v) is 8.77. The first-order chi connectivity index (χ1) is 14.5. The van der Waals surface area contributed by atoms with Gasteiger partial charge < -0.3 is 24.6 Å². The van der Waals surface area contributed by atoms with Crippen LogP contribution in [0.15, 0.2) is 36.9 Å². The first kappa shape index (κ1) is 19.4. The number of hydrogen-bond acceptors (Lipinski definition) is 8. The van der Waals surface area contributed by atoms with Gasteiger partial charge in [-0.1, -0.05) is 11.3 Å². The molecular formula is C20H23FN6O2S. The zero-order valence-electron chi connectivity index (χ0n) is 16.6. The highest BCUT2D eigenvalue weighted by Crippen LogP contribution is 2.39. The Hall–Kier alpha value is -2.56. The molecule has 2 bridgehead atoms. The van der Waals surface area contributed by atoms with Gasteiger partial charge in [0.2, 0.25) is 5.13 Å². The number of benzene rings is 1. The maximum atomic E-state index is 15.1. The topological polar surface area (TPSA) is 88.3 Å². The maximum absolute atomic E-state index is 15.1. The van der Waals surface area contributed by atoms with Crippen molar-refractivity contribution >= 4 is 16.5 Å². The van der Waals surface area contributed by atoms with Crippen molar-refractivity contribution in [1.82, 2.24) is 25.1 Å². The van der Waals surface area contributed by atoms with E-state index in [1.165, 1.54) is 11.3 Å². The summed E-state index contributed by atoms with van der Waals surface area (Å²) in [4.78, 5) is 5.90. The largest absolute Gasteiger partial charge is 0.507 e. The number of aromatic nitrogens is 4. The van der Waals surface area contributed by atoms with Crippen LogP contribution in [0.3, 0.4) is 0 Å². The zero-order valence-corrected chi connectivity index (χ0v) is 17.5. The average molecular weight is 431 g/mol. The van der Waals surface area contributed by atoms with Crippen LogP contribution in [0.2, 0.25) is 0 Å². The molecule has 4 heterocycles. The summed E-state index contributed by atoms with van der Waals surface area (Å²) < 4.78 is 22.4. The number of hydrogen-bond donors (Lipinski definition) is 2. The van der Waals surface area contributed by atoms with E-state index in [2.05, 4.69) is 20.5 Å². The first-order valence-electron chi connectivity index (χ1n) is 9.86. The Morgan fingerprint density at radius 2 is 2.17 bits per heavy atom. The monoisotopic (exact) mass is 430 g/mol. The number of ether oxygens (including phenoxy) is 1. The Labute approximate surface area is 177 Å². The molecule has 5 rings (SSSR count). The van der Waals surface area contributed by atoms with Gasteiger partial charge in [0.1, 0.15) is 11.9 Å². The summed E-state index contributed by atoms with van der Waals surface area (Å²) in [6.45, 7) is 0. The maximum Gasteiger partial charge on any atom is 0.208 e. The van der Waals surface area contributed by atoms with Crippen molar-refractivity contribution in [1.29, 1.82) is 0 Å². The number of aromatic hydroxyl groups is 1. The lowest BCUT2D eigenvalue weighted by Gasteiger charge is -2.38. The first-order valence-corrected chi connectivity index (χ1v) is 10.7. The Morgan fingerprint density at radius 3 is 2.90 bits per heavy atom. The molecule has 2 aromatic heterocycles. The van der Waals surface area contributed by atoms with Crippen molar-refractivity contribution in [2.45, 2.75) is 43.2 Å². The summed E-state index contributed by atoms with van der Waals surface area (Å²) in [5.41, 5.74) is 1.39. The minimum Gasteiger partial charge on any atom is -0.507 e. The van der Waals surface area contributed by atoms with E-state index in [1.807, 2.05) is 22.6 Å². The number of piperidine rings is 1. The summed E-state index contributed by atoms with van der Waals surface area (Å²) >= 11 is 1.34. The van der Waals surface area contributed by atoms with Gasteiger partial charge in [-0.25, -0.2) is 9.37 Å². The van der Waals surface area contributed by atoms with Crippen LogP contribution in [0.4, 0.5) is 9.52 Å². The number of methoxy groups -OCH3 is 1. The molecule has 2 fully saturated rings. The van der Waals surface area contributed by atoms with Gasteiger partial charge in [0.05, 0.1) is 29.7 Å². The van der Waals surface area contributed by atoms with E-state index in [4.69, 9.17) is 4.74 Å². The van der Waals surface area contributed by atoms with Crippen molar-refractivity contribution in [3.63, 3.8) is 0 Å². The molecule has 0 radical (unpaired) electrons. The number of halogens is 1. The summed E-state index contributed by atoms with van der Waals surface area (Å²) in [6.07, 6.45) is 5.51. The predicted molar refractivity (Wildman–Crippen MR) is 112 cm³/mol. The number of imidazole rings is 1. The van der Waals surface area contributed by atoms with Crippen LogP contribution >= 0.6 is 11.3 Å². The van der Waals surface area contributed by atoms with Crippen LogP contribution in [-0.4, -0.2) is 69.4 Å². The van der Waals surface area contributed by atoms with Crippen LogP contribution in [0, 0.1) is 0 Å². The fourth-order valence-electron chi connectivity index (χ4n) is 4.48.